The number of nitrogens with zero attached hydrogens (tertiary/aromatic N) is 2. The summed E-state index contributed by atoms with van der Waals surface area (Å²) in [5.41, 5.74) is 3.78. The topological polar surface area (TPSA) is 168 Å². The minimum atomic E-state index is -3.98. The van der Waals surface area contributed by atoms with Gasteiger partial charge in [-0.2, -0.15) is 12.7 Å². The van der Waals surface area contributed by atoms with E-state index in [2.05, 4.69) is 10.0 Å². The molecule has 0 aromatic rings. The lowest BCUT2D eigenvalue weighted by atomic mass is 10.1. The monoisotopic (exact) mass is 511 g/mol. The van der Waals surface area contributed by atoms with Gasteiger partial charge in [0, 0.05) is 25.6 Å². The SMILES string of the molecule is NC(=O)OC1CCCCCC=CC2CC2(C(=O)NS(=O)(=O)N2CCC2)NC(=O)C2CCCN2C1=O. The van der Waals surface area contributed by atoms with E-state index in [0.717, 1.165) is 25.7 Å². The van der Waals surface area contributed by atoms with E-state index in [9.17, 15) is 27.6 Å². The number of allylic oxidation sites excluding steroid dienone is 1. The van der Waals surface area contributed by atoms with Crippen LogP contribution in [0.4, 0.5) is 4.79 Å². The number of hydrogen-bond donors (Lipinski definition) is 3. The van der Waals surface area contributed by atoms with Gasteiger partial charge in [-0.1, -0.05) is 18.6 Å². The molecule has 4 aliphatic rings. The zero-order valence-electron chi connectivity index (χ0n) is 19.6. The van der Waals surface area contributed by atoms with Crippen LogP contribution >= 0.6 is 0 Å². The first kappa shape index (κ1) is 25.4. The Labute approximate surface area is 204 Å². The van der Waals surface area contributed by atoms with Crippen molar-refractivity contribution in [1.82, 2.24) is 19.2 Å². The van der Waals surface area contributed by atoms with Crippen LogP contribution in [0.25, 0.3) is 0 Å². The van der Waals surface area contributed by atoms with Crippen LogP contribution in [0.5, 0.6) is 0 Å². The number of nitrogens with one attached hydrogen (secondary N) is 2. The van der Waals surface area contributed by atoms with Crippen molar-refractivity contribution in [2.24, 2.45) is 11.7 Å². The van der Waals surface area contributed by atoms with Gasteiger partial charge in [-0.3, -0.25) is 14.4 Å². The molecule has 3 heterocycles. The molecule has 13 heteroatoms. The Morgan fingerprint density at radius 3 is 2.54 bits per heavy atom. The third-order valence-corrected chi connectivity index (χ3v) is 8.71. The highest BCUT2D eigenvalue weighted by Crippen LogP contribution is 2.45. The number of primary amides is 1. The summed E-state index contributed by atoms with van der Waals surface area (Å²) in [7, 11) is -3.98. The van der Waals surface area contributed by atoms with E-state index in [1.807, 2.05) is 12.2 Å². The first-order chi connectivity index (χ1) is 16.6. The van der Waals surface area contributed by atoms with Gasteiger partial charge >= 0.3 is 16.3 Å². The summed E-state index contributed by atoms with van der Waals surface area (Å²) >= 11 is 0. The zero-order chi connectivity index (χ0) is 25.2. The Hall–Kier alpha value is -2.67. The molecule has 4 unspecified atom stereocenters. The third-order valence-electron chi connectivity index (χ3n) is 7.22. The van der Waals surface area contributed by atoms with Crippen LogP contribution in [-0.4, -0.2) is 78.8 Å². The van der Waals surface area contributed by atoms with Gasteiger partial charge in [0.2, 0.25) is 5.91 Å². The van der Waals surface area contributed by atoms with E-state index in [1.165, 1.54) is 9.21 Å². The number of hydrogen-bond acceptors (Lipinski definition) is 7. The molecule has 12 nitrogen and oxygen atoms in total. The smallest absolute Gasteiger partial charge is 0.405 e. The summed E-state index contributed by atoms with van der Waals surface area (Å²) in [6.07, 6.45) is 6.89. The van der Waals surface area contributed by atoms with Crippen LogP contribution in [0.3, 0.4) is 0 Å². The lowest BCUT2D eigenvalue weighted by molar-refractivity contribution is -0.146. The fraction of sp³-hybridized carbons (Fsp3) is 0.727. The predicted molar refractivity (Wildman–Crippen MR) is 124 cm³/mol. The van der Waals surface area contributed by atoms with E-state index >= 15 is 0 Å². The van der Waals surface area contributed by atoms with E-state index in [1.54, 1.807) is 0 Å². The molecule has 4 rings (SSSR count). The van der Waals surface area contributed by atoms with Gasteiger partial charge < -0.3 is 20.7 Å². The molecule has 0 spiro atoms. The highest BCUT2D eigenvalue weighted by atomic mass is 32.2. The Kier molecular flexibility index (Phi) is 7.36. The number of carbonyl (C=O) groups is 4. The highest BCUT2D eigenvalue weighted by molar-refractivity contribution is 7.87. The summed E-state index contributed by atoms with van der Waals surface area (Å²) in [6, 6.07) is -0.853. The summed E-state index contributed by atoms with van der Waals surface area (Å²) in [4.78, 5) is 52.4. The molecule has 0 bridgehead atoms. The number of fused-ring (bicyclic) bond motifs is 2. The first-order valence-corrected chi connectivity index (χ1v) is 13.7. The summed E-state index contributed by atoms with van der Waals surface area (Å²) in [5.74, 6) is -2.14. The molecule has 194 valence electrons. The average molecular weight is 512 g/mol. The zero-order valence-corrected chi connectivity index (χ0v) is 20.4. The Morgan fingerprint density at radius 1 is 1.09 bits per heavy atom. The fourth-order valence-electron chi connectivity index (χ4n) is 4.98. The summed E-state index contributed by atoms with van der Waals surface area (Å²) < 4.78 is 33.4. The molecule has 4 atom stereocenters. The van der Waals surface area contributed by atoms with Crippen LogP contribution in [-0.2, 0) is 29.3 Å². The Bertz CT molecular complexity index is 1010. The van der Waals surface area contributed by atoms with Crippen molar-refractivity contribution in [2.75, 3.05) is 19.6 Å². The van der Waals surface area contributed by atoms with Crippen LogP contribution in [0.15, 0.2) is 12.2 Å². The lowest BCUT2D eigenvalue weighted by Crippen LogP contribution is -2.59. The van der Waals surface area contributed by atoms with E-state index in [-0.39, 0.29) is 12.3 Å². The minimum Gasteiger partial charge on any atom is -0.436 e. The minimum absolute atomic E-state index is 0.269. The number of rotatable bonds is 4. The number of carbonyl (C=O) groups excluding carboxylic acids is 4. The van der Waals surface area contributed by atoms with Crippen molar-refractivity contribution in [2.45, 2.75) is 75.5 Å². The number of ether oxygens (including phenoxy) is 1. The molecular weight excluding hydrogens is 478 g/mol. The maximum Gasteiger partial charge on any atom is 0.405 e. The van der Waals surface area contributed by atoms with E-state index < -0.39 is 51.7 Å². The first-order valence-electron chi connectivity index (χ1n) is 12.2. The van der Waals surface area contributed by atoms with Gasteiger partial charge in [0.25, 0.3) is 11.8 Å². The van der Waals surface area contributed by atoms with E-state index in [0.29, 0.717) is 45.3 Å². The summed E-state index contributed by atoms with van der Waals surface area (Å²) in [6.45, 7) is 0.999. The van der Waals surface area contributed by atoms with Crippen molar-refractivity contribution >= 4 is 34.0 Å². The summed E-state index contributed by atoms with van der Waals surface area (Å²) in [5, 5.41) is 2.77. The number of nitrogens with two attached hydrogens (primary N) is 1. The van der Waals surface area contributed by atoms with Crippen LogP contribution < -0.4 is 15.8 Å². The molecule has 4 amide bonds. The van der Waals surface area contributed by atoms with Crippen molar-refractivity contribution in [3.8, 4) is 0 Å². The molecule has 35 heavy (non-hydrogen) atoms. The highest BCUT2D eigenvalue weighted by Gasteiger charge is 2.61. The maximum atomic E-state index is 13.3. The molecular formula is C22H33N5O7S. The molecule has 1 aliphatic carbocycles. The quantitative estimate of drug-likeness (QED) is 0.443. The molecule has 3 aliphatic heterocycles. The van der Waals surface area contributed by atoms with Crippen molar-refractivity contribution in [3.05, 3.63) is 12.2 Å². The van der Waals surface area contributed by atoms with Crippen LogP contribution in [0.1, 0.15) is 57.8 Å². The van der Waals surface area contributed by atoms with E-state index in [4.69, 9.17) is 10.5 Å². The Balaban J connectivity index is 1.56. The van der Waals surface area contributed by atoms with Gasteiger partial charge in [-0.15, -0.1) is 0 Å². The average Bonchev–Trinajstić information content (AvgIpc) is 3.20. The molecule has 3 fully saturated rings. The van der Waals surface area contributed by atoms with Crippen LogP contribution in [0.2, 0.25) is 0 Å². The molecule has 2 saturated heterocycles. The largest absolute Gasteiger partial charge is 0.436 e. The molecule has 1 saturated carbocycles. The molecule has 0 aromatic carbocycles. The second-order valence-corrected chi connectivity index (χ2v) is 11.3. The standard InChI is InChI=1S/C22H33N5O7S/c23-21(31)34-17-10-5-3-1-2-4-8-15-14-22(15,20(30)25-35(32,33)26-11-7-12-26)24-18(28)16-9-6-13-27(16)19(17)29/h4,8,15-17H,1-3,5-7,9-14H2,(H2,23,31)(H,24,28)(H,25,30). The van der Waals surface area contributed by atoms with Gasteiger partial charge in [0.1, 0.15) is 11.6 Å². The van der Waals surface area contributed by atoms with Crippen molar-refractivity contribution < 1.29 is 32.3 Å². The lowest BCUT2D eigenvalue weighted by Gasteiger charge is -2.31. The Morgan fingerprint density at radius 2 is 1.86 bits per heavy atom. The van der Waals surface area contributed by atoms with Gasteiger partial charge in [0.05, 0.1) is 0 Å². The predicted octanol–water partition coefficient (Wildman–Crippen LogP) is -0.0968. The van der Waals surface area contributed by atoms with Crippen molar-refractivity contribution in [1.29, 1.82) is 0 Å². The molecule has 0 radical (unpaired) electrons. The second-order valence-electron chi connectivity index (χ2n) is 9.64. The second kappa shape index (κ2) is 10.1. The fourth-order valence-corrected chi connectivity index (χ4v) is 6.26. The third kappa shape index (κ3) is 5.45. The number of amides is 4. The van der Waals surface area contributed by atoms with Gasteiger partial charge in [0.15, 0.2) is 6.10 Å². The van der Waals surface area contributed by atoms with Crippen molar-refractivity contribution in [3.63, 3.8) is 0 Å². The van der Waals surface area contributed by atoms with Crippen LogP contribution in [0, 0.1) is 5.92 Å². The molecule has 4 N–H and O–H groups in total. The molecule has 0 aromatic heterocycles. The van der Waals surface area contributed by atoms with Gasteiger partial charge in [-0.05, 0) is 51.4 Å². The van der Waals surface area contributed by atoms with Gasteiger partial charge in [-0.25, -0.2) is 9.52 Å². The maximum absolute atomic E-state index is 13.3. The normalized spacial score (nSPS) is 32.2.